The lowest BCUT2D eigenvalue weighted by Gasteiger charge is -2.20. The van der Waals surface area contributed by atoms with Crippen LogP contribution in [0.5, 0.6) is 0 Å². The van der Waals surface area contributed by atoms with Crippen LogP contribution in [0.3, 0.4) is 0 Å². The van der Waals surface area contributed by atoms with E-state index < -0.39 is 5.82 Å². The molecule has 0 fully saturated rings. The molecule has 7 nitrogen and oxygen atoms in total. The van der Waals surface area contributed by atoms with Crippen molar-refractivity contribution in [1.29, 1.82) is 0 Å². The van der Waals surface area contributed by atoms with Crippen LogP contribution >= 0.6 is 11.9 Å². The van der Waals surface area contributed by atoms with E-state index in [0.717, 1.165) is 16.8 Å². The van der Waals surface area contributed by atoms with Gasteiger partial charge in [0.15, 0.2) is 0 Å². The summed E-state index contributed by atoms with van der Waals surface area (Å²) < 4.78 is 35.1. The third kappa shape index (κ3) is 5.66. The van der Waals surface area contributed by atoms with Gasteiger partial charge in [0, 0.05) is 55.2 Å². The molecule has 0 aliphatic rings. The second kappa shape index (κ2) is 12.0. The topological polar surface area (TPSA) is 101 Å². The van der Waals surface area contributed by atoms with Crippen LogP contribution in [0, 0.1) is 11.6 Å². The van der Waals surface area contributed by atoms with Crippen molar-refractivity contribution in [2.24, 2.45) is 0 Å². The van der Waals surface area contributed by atoms with E-state index in [9.17, 15) is 18.4 Å². The van der Waals surface area contributed by atoms with Gasteiger partial charge in [-0.25, -0.2) is 8.78 Å². The van der Waals surface area contributed by atoms with Crippen LogP contribution in [0.25, 0.3) is 33.4 Å². The average molecular weight is 587 g/mol. The van der Waals surface area contributed by atoms with Gasteiger partial charge in [0.25, 0.3) is 11.8 Å². The predicted octanol–water partition coefficient (Wildman–Crippen LogP) is 6.63. The molecule has 0 saturated carbocycles. The maximum atomic E-state index is 13.7. The Hall–Kier alpha value is -4.83. The highest BCUT2D eigenvalue weighted by atomic mass is 32.2. The van der Waals surface area contributed by atoms with Gasteiger partial charge in [-0.15, -0.1) is 0 Å². The second-order valence-corrected chi connectivity index (χ2v) is 10.5. The zero-order chi connectivity index (χ0) is 30.0. The summed E-state index contributed by atoms with van der Waals surface area (Å²) in [4.78, 5) is 26.3. The van der Waals surface area contributed by atoms with Crippen LogP contribution < -0.4 is 20.7 Å². The molecule has 5 aromatic rings. The molecular formula is C32H28F2N4O3S. The number of rotatable bonds is 8. The van der Waals surface area contributed by atoms with Crippen LogP contribution in [0.15, 0.2) is 83.3 Å². The number of hydrogen-bond acceptors (Lipinski definition) is 6. The fraction of sp³-hybridized carbons (Fsp3) is 0.125. The minimum absolute atomic E-state index is 0.200. The van der Waals surface area contributed by atoms with Crippen molar-refractivity contribution in [3.8, 4) is 22.5 Å². The summed E-state index contributed by atoms with van der Waals surface area (Å²) in [5.41, 5.74) is 11.1. The first-order valence-corrected chi connectivity index (χ1v) is 14.2. The van der Waals surface area contributed by atoms with E-state index in [2.05, 4.69) is 10.6 Å². The molecule has 2 amide bonds. The predicted molar refractivity (Wildman–Crippen MR) is 164 cm³/mol. The number of amides is 2. The van der Waals surface area contributed by atoms with Crippen LogP contribution in [0.2, 0.25) is 0 Å². The molecular weight excluding hydrogens is 558 g/mol. The van der Waals surface area contributed by atoms with Crippen LogP contribution in [0.1, 0.15) is 26.3 Å². The molecule has 0 unspecified atom stereocenters. The van der Waals surface area contributed by atoms with Gasteiger partial charge in [-0.2, -0.15) is 0 Å². The first-order chi connectivity index (χ1) is 20.2. The largest absolute Gasteiger partial charge is 0.455 e. The maximum Gasteiger partial charge on any atom is 0.255 e. The van der Waals surface area contributed by atoms with E-state index in [0.29, 0.717) is 39.1 Å². The number of fused-ring (bicyclic) bond motifs is 1. The summed E-state index contributed by atoms with van der Waals surface area (Å²) in [7, 11) is 3.43. The monoisotopic (exact) mass is 586 g/mol. The van der Waals surface area contributed by atoms with E-state index in [1.54, 1.807) is 36.4 Å². The molecule has 4 N–H and O–H groups in total. The minimum Gasteiger partial charge on any atom is -0.455 e. The highest BCUT2D eigenvalue weighted by Gasteiger charge is 2.25. The average Bonchev–Trinajstić information content (AvgIpc) is 3.38. The number of hydrogen-bond donors (Lipinski definition) is 3. The number of carbonyl (C=O) groups excluding carboxylic acids is 2. The van der Waals surface area contributed by atoms with Crippen molar-refractivity contribution >= 4 is 46.1 Å². The fourth-order valence-electron chi connectivity index (χ4n) is 4.68. The molecule has 4 aromatic carbocycles. The molecule has 214 valence electrons. The number of halogens is 2. The molecule has 1 aromatic heterocycles. The van der Waals surface area contributed by atoms with Gasteiger partial charge in [-0.1, -0.05) is 30.1 Å². The van der Waals surface area contributed by atoms with Gasteiger partial charge >= 0.3 is 0 Å². The first kappa shape index (κ1) is 28.7. The molecule has 0 radical (unpaired) electrons. The second-order valence-electron chi connectivity index (χ2n) is 9.55. The minimum atomic E-state index is -0.400. The van der Waals surface area contributed by atoms with Crippen LogP contribution in [-0.2, 0) is 6.54 Å². The SMILES string of the molecule is CNC(=O)c1c(-c2ccc(F)cc2)oc2cc(N(C)SC)c(-c3ccc(N)c(C(=O)NCc4ccc(F)cc4)c3)cc12. The molecule has 0 bridgehead atoms. The molecule has 0 atom stereocenters. The standard InChI is InChI=1S/C32H28F2N4O3S/c1-36-32(40)29-25-15-23(27(38(2)42-3)16-28(25)41-30(29)19-6-11-22(34)12-7-19)20-8-13-26(35)24(14-20)31(39)37-17-18-4-9-21(33)10-5-18/h4-16H,17,35H2,1-3H3,(H,36,40)(H,37,39). The number of anilines is 2. The molecule has 1 heterocycles. The van der Waals surface area contributed by atoms with Gasteiger partial charge in [-0.3, -0.25) is 9.59 Å². The number of nitrogens with zero attached hydrogens (tertiary/aromatic N) is 1. The van der Waals surface area contributed by atoms with E-state index >= 15 is 0 Å². The van der Waals surface area contributed by atoms with Gasteiger partial charge in [0.05, 0.1) is 16.8 Å². The summed E-state index contributed by atoms with van der Waals surface area (Å²) >= 11 is 1.48. The van der Waals surface area contributed by atoms with E-state index in [-0.39, 0.29) is 29.7 Å². The molecule has 5 rings (SSSR count). The Balaban J connectivity index is 1.62. The maximum absolute atomic E-state index is 13.7. The Morgan fingerprint density at radius 1 is 0.905 bits per heavy atom. The van der Waals surface area contributed by atoms with Gasteiger partial charge in [0.2, 0.25) is 0 Å². The Morgan fingerprint density at radius 2 is 1.55 bits per heavy atom. The van der Waals surface area contributed by atoms with Crippen molar-refractivity contribution in [3.63, 3.8) is 0 Å². The highest BCUT2D eigenvalue weighted by molar-refractivity contribution is 7.99. The fourth-order valence-corrected chi connectivity index (χ4v) is 5.03. The van der Waals surface area contributed by atoms with Crippen molar-refractivity contribution in [2.75, 3.05) is 30.4 Å². The molecule has 42 heavy (non-hydrogen) atoms. The summed E-state index contributed by atoms with van der Waals surface area (Å²) in [6, 6.07) is 20.5. The Bertz CT molecular complexity index is 1790. The molecule has 0 spiro atoms. The number of nitrogens with one attached hydrogen (secondary N) is 2. The smallest absolute Gasteiger partial charge is 0.255 e. The van der Waals surface area contributed by atoms with Gasteiger partial charge in [0.1, 0.15) is 23.0 Å². The number of furan rings is 1. The van der Waals surface area contributed by atoms with Gasteiger partial charge in [-0.05, 0) is 65.7 Å². The summed E-state index contributed by atoms with van der Waals surface area (Å²) in [5, 5.41) is 6.07. The summed E-state index contributed by atoms with van der Waals surface area (Å²) in [6.45, 7) is 0.200. The van der Waals surface area contributed by atoms with E-state index in [1.807, 2.05) is 35.8 Å². The third-order valence-corrected chi connectivity index (χ3v) is 7.70. The molecule has 0 saturated heterocycles. The Labute approximate surface area is 245 Å². The summed E-state index contributed by atoms with van der Waals surface area (Å²) in [5.74, 6) is -1.18. The van der Waals surface area contributed by atoms with E-state index in [1.165, 1.54) is 43.3 Å². The lowest BCUT2D eigenvalue weighted by Crippen LogP contribution is -2.23. The zero-order valence-electron chi connectivity index (χ0n) is 23.1. The lowest BCUT2D eigenvalue weighted by molar-refractivity contribution is 0.0948. The van der Waals surface area contributed by atoms with Crippen molar-refractivity contribution < 1.29 is 22.8 Å². The lowest BCUT2D eigenvalue weighted by atomic mass is 9.96. The van der Waals surface area contributed by atoms with Crippen molar-refractivity contribution in [2.45, 2.75) is 6.54 Å². The zero-order valence-corrected chi connectivity index (χ0v) is 23.9. The van der Waals surface area contributed by atoms with Crippen LogP contribution in [0.4, 0.5) is 20.2 Å². The van der Waals surface area contributed by atoms with Gasteiger partial charge < -0.3 is 25.1 Å². The molecule has 10 heteroatoms. The molecule has 0 aliphatic carbocycles. The Kier molecular flexibility index (Phi) is 8.17. The first-order valence-electron chi connectivity index (χ1n) is 13.0. The quantitative estimate of drug-likeness (QED) is 0.139. The molecule has 0 aliphatic heterocycles. The third-order valence-electron chi connectivity index (χ3n) is 6.96. The number of carbonyl (C=O) groups is 2. The number of nitrogen functional groups attached to an aromatic ring is 1. The Morgan fingerprint density at radius 3 is 2.19 bits per heavy atom. The summed E-state index contributed by atoms with van der Waals surface area (Å²) in [6.07, 6.45) is 1.92. The van der Waals surface area contributed by atoms with Crippen molar-refractivity contribution in [1.82, 2.24) is 10.6 Å². The number of nitrogens with two attached hydrogens (primary N) is 1. The van der Waals surface area contributed by atoms with E-state index in [4.69, 9.17) is 10.2 Å². The van der Waals surface area contributed by atoms with Crippen LogP contribution in [-0.4, -0.2) is 32.2 Å². The number of benzene rings is 4. The van der Waals surface area contributed by atoms with Crippen molar-refractivity contribution in [3.05, 3.63) is 107 Å². The highest BCUT2D eigenvalue weighted by Crippen LogP contribution is 2.42. The normalized spacial score (nSPS) is 11.0.